The van der Waals surface area contributed by atoms with Gasteiger partial charge in [0.15, 0.2) is 0 Å². The van der Waals surface area contributed by atoms with Gasteiger partial charge in [-0.25, -0.2) is 4.39 Å². The van der Waals surface area contributed by atoms with E-state index in [0.29, 0.717) is 32.3 Å². The summed E-state index contributed by atoms with van der Waals surface area (Å²) >= 11 is 1.07. The molecule has 4 nitrogen and oxygen atoms in total. The maximum absolute atomic E-state index is 13.2. The molecule has 2 rings (SSSR count). The Bertz CT molecular complexity index is 731. The number of thiophene rings is 1. The molecule has 20 heavy (non-hydrogen) atoms. The minimum Gasteiger partial charge on any atom is -0.389 e. The van der Waals surface area contributed by atoms with E-state index < -0.39 is 0 Å². The lowest BCUT2D eigenvalue weighted by Crippen LogP contribution is -2.11. The minimum atomic E-state index is -0.355. The molecule has 0 spiro atoms. The molecule has 0 saturated carbocycles. The predicted octanol–water partition coefficient (Wildman–Crippen LogP) is 3.21. The molecule has 102 valence electrons. The van der Waals surface area contributed by atoms with Crippen LogP contribution in [0.1, 0.15) is 26.4 Å². The van der Waals surface area contributed by atoms with Crippen molar-refractivity contribution in [2.45, 2.75) is 13.8 Å². The Labute approximate surface area is 119 Å². The highest BCUT2D eigenvalue weighted by Crippen LogP contribution is 2.30. The third kappa shape index (κ3) is 2.49. The molecule has 0 bridgehead atoms. The van der Waals surface area contributed by atoms with Crippen LogP contribution in [0, 0.1) is 31.0 Å². The Morgan fingerprint density at radius 1 is 1.45 bits per heavy atom. The zero-order chi connectivity index (χ0) is 14.9. The first-order valence-electron chi connectivity index (χ1n) is 5.80. The van der Waals surface area contributed by atoms with Crippen molar-refractivity contribution >= 4 is 27.9 Å². The standard InChI is InChI=1S/C14H12FN3OS/c1-7-5-9(3-4-11(7)15)18-14(19)12-8(2)10(6-16)13(17)20-12/h3-5H,17H2,1-2H3,(H,18,19). The van der Waals surface area contributed by atoms with Gasteiger partial charge >= 0.3 is 0 Å². The normalized spacial score (nSPS) is 10.1. The van der Waals surface area contributed by atoms with Gasteiger partial charge in [0.05, 0.1) is 10.4 Å². The van der Waals surface area contributed by atoms with Crippen LogP contribution in [-0.4, -0.2) is 5.91 Å². The molecule has 0 saturated heterocycles. The zero-order valence-corrected chi connectivity index (χ0v) is 11.8. The fourth-order valence-electron chi connectivity index (χ4n) is 1.80. The predicted molar refractivity (Wildman–Crippen MR) is 77.3 cm³/mol. The molecule has 1 amide bonds. The molecule has 2 aromatic rings. The number of nitrogen functional groups attached to an aromatic ring is 1. The van der Waals surface area contributed by atoms with E-state index in [-0.39, 0.29) is 11.7 Å². The Hall–Kier alpha value is -2.39. The molecule has 6 heteroatoms. The van der Waals surface area contributed by atoms with E-state index in [1.807, 2.05) is 6.07 Å². The van der Waals surface area contributed by atoms with Crippen LogP contribution in [-0.2, 0) is 0 Å². The molecule has 0 unspecified atom stereocenters. The summed E-state index contributed by atoms with van der Waals surface area (Å²) in [5, 5.41) is 12.0. The highest BCUT2D eigenvalue weighted by molar-refractivity contribution is 7.18. The second-order valence-electron chi connectivity index (χ2n) is 4.33. The maximum atomic E-state index is 13.2. The third-order valence-electron chi connectivity index (χ3n) is 2.91. The van der Waals surface area contributed by atoms with E-state index in [0.717, 1.165) is 11.3 Å². The average Bonchev–Trinajstić information content (AvgIpc) is 2.69. The number of benzene rings is 1. The van der Waals surface area contributed by atoms with E-state index >= 15 is 0 Å². The molecule has 1 aromatic heterocycles. The summed E-state index contributed by atoms with van der Waals surface area (Å²) in [7, 11) is 0. The number of nitriles is 1. The number of halogens is 1. The van der Waals surface area contributed by atoms with Gasteiger partial charge in [0.2, 0.25) is 0 Å². The Morgan fingerprint density at radius 2 is 2.15 bits per heavy atom. The molecule has 0 aliphatic heterocycles. The van der Waals surface area contributed by atoms with E-state index in [4.69, 9.17) is 11.0 Å². The highest BCUT2D eigenvalue weighted by Gasteiger charge is 2.18. The van der Waals surface area contributed by atoms with Gasteiger partial charge in [0.25, 0.3) is 5.91 Å². The van der Waals surface area contributed by atoms with Crippen LogP contribution in [0.15, 0.2) is 18.2 Å². The van der Waals surface area contributed by atoms with Gasteiger partial charge in [-0.2, -0.15) is 5.26 Å². The summed E-state index contributed by atoms with van der Waals surface area (Å²) in [6.07, 6.45) is 0. The van der Waals surface area contributed by atoms with Crippen LogP contribution in [0.2, 0.25) is 0 Å². The lowest BCUT2D eigenvalue weighted by molar-refractivity contribution is 0.103. The smallest absolute Gasteiger partial charge is 0.266 e. The monoisotopic (exact) mass is 289 g/mol. The SMILES string of the molecule is Cc1cc(NC(=O)c2sc(N)c(C#N)c2C)ccc1F. The van der Waals surface area contributed by atoms with Crippen LogP contribution >= 0.6 is 11.3 Å². The van der Waals surface area contributed by atoms with Crippen LogP contribution in [0.4, 0.5) is 15.1 Å². The number of amides is 1. The lowest BCUT2D eigenvalue weighted by Gasteiger charge is -2.06. The number of hydrogen-bond donors (Lipinski definition) is 2. The number of nitrogens with zero attached hydrogens (tertiary/aromatic N) is 1. The largest absolute Gasteiger partial charge is 0.389 e. The fourth-order valence-corrected chi connectivity index (χ4v) is 2.72. The molecule has 0 aliphatic rings. The zero-order valence-electron chi connectivity index (χ0n) is 11.0. The minimum absolute atomic E-state index is 0.324. The summed E-state index contributed by atoms with van der Waals surface area (Å²) in [5.41, 5.74) is 7.53. The second-order valence-corrected chi connectivity index (χ2v) is 5.38. The summed E-state index contributed by atoms with van der Waals surface area (Å²) in [6, 6.07) is 6.30. The van der Waals surface area contributed by atoms with Crippen molar-refractivity contribution in [2.24, 2.45) is 0 Å². The van der Waals surface area contributed by atoms with Gasteiger partial charge in [0.1, 0.15) is 16.9 Å². The average molecular weight is 289 g/mol. The van der Waals surface area contributed by atoms with Gasteiger partial charge in [-0.05, 0) is 43.2 Å². The molecule has 1 heterocycles. The van der Waals surface area contributed by atoms with Crippen LogP contribution in [0.5, 0.6) is 0 Å². The Morgan fingerprint density at radius 3 is 2.70 bits per heavy atom. The van der Waals surface area contributed by atoms with Gasteiger partial charge in [-0.15, -0.1) is 11.3 Å². The van der Waals surface area contributed by atoms with E-state index in [2.05, 4.69) is 5.32 Å². The highest BCUT2D eigenvalue weighted by atomic mass is 32.1. The van der Waals surface area contributed by atoms with Crippen LogP contribution in [0.25, 0.3) is 0 Å². The van der Waals surface area contributed by atoms with Gasteiger partial charge < -0.3 is 11.1 Å². The van der Waals surface area contributed by atoms with Crippen molar-refractivity contribution in [1.82, 2.24) is 0 Å². The molecule has 1 aromatic carbocycles. The Balaban J connectivity index is 2.29. The molecular weight excluding hydrogens is 277 g/mol. The Kier molecular flexibility index (Phi) is 3.72. The number of nitrogens with two attached hydrogens (primary N) is 1. The number of hydrogen-bond acceptors (Lipinski definition) is 4. The maximum Gasteiger partial charge on any atom is 0.266 e. The van der Waals surface area contributed by atoms with Crippen LogP contribution < -0.4 is 11.1 Å². The summed E-state index contributed by atoms with van der Waals surface area (Å²) in [4.78, 5) is 12.5. The van der Waals surface area contributed by atoms with Crippen LogP contribution in [0.3, 0.4) is 0 Å². The number of anilines is 2. The molecule has 3 N–H and O–H groups in total. The summed E-state index contributed by atoms with van der Waals surface area (Å²) in [6.45, 7) is 3.30. The van der Waals surface area contributed by atoms with Crippen molar-refractivity contribution in [1.29, 1.82) is 5.26 Å². The van der Waals surface area contributed by atoms with E-state index in [1.165, 1.54) is 12.1 Å². The fraction of sp³-hybridized carbons (Fsp3) is 0.143. The quantitative estimate of drug-likeness (QED) is 0.891. The van der Waals surface area contributed by atoms with E-state index in [1.54, 1.807) is 19.9 Å². The number of nitrogens with one attached hydrogen (secondary N) is 1. The summed E-state index contributed by atoms with van der Waals surface area (Å²) in [5.74, 6) is -0.682. The molecule has 0 atom stereocenters. The third-order valence-corrected chi connectivity index (χ3v) is 4.03. The van der Waals surface area contributed by atoms with Gasteiger partial charge in [0, 0.05) is 5.69 Å². The first kappa shape index (κ1) is 14.0. The van der Waals surface area contributed by atoms with Crippen molar-refractivity contribution < 1.29 is 9.18 Å². The second kappa shape index (κ2) is 5.31. The topological polar surface area (TPSA) is 78.9 Å². The molecule has 0 fully saturated rings. The van der Waals surface area contributed by atoms with E-state index in [9.17, 15) is 9.18 Å². The number of rotatable bonds is 2. The van der Waals surface area contributed by atoms with Crippen molar-refractivity contribution in [3.8, 4) is 6.07 Å². The van der Waals surface area contributed by atoms with Gasteiger partial charge in [-0.3, -0.25) is 4.79 Å². The first-order chi connectivity index (χ1) is 9.43. The number of carbonyl (C=O) groups is 1. The van der Waals surface area contributed by atoms with Crippen molar-refractivity contribution in [2.75, 3.05) is 11.1 Å². The molecule has 0 radical (unpaired) electrons. The first-order valence-corrected chi connectivity index (χ1v) is 6.62. The van der Waals surface area contributed by atoms with Crippen molar-refractivity contribution in [3.63, 3.8) is 0 Å². The summed E-state index contributed by atoms with van der Waals surface area (Å²) < 4.78 is 13.2. The number of aryl methyl sites for hydroxylation is 1. The molecular formula is C14H12FN3OS. The lowest BCUT2D eigenvalue weighted by atomic mass is 10.1. The van der Waals surface area contributed by atoms with Crippen molar-refractivity contribution in [3.05, 3.63) is 45.6 Å². The molecule has 0 aliphatic carbocycles. The van der Waals surface area contributed by atoms with Gasteiger partial charge in [-0.1, -0.05) is 0 Å². The number of carbonyl (C=O) groups excluding carboxylic acids is 1.